The summed E-state index contributed by atoms with van der Waals surface area (Å²) in [4.78, 5) is 16.5. The molecule has 2 aromatic carbocycles. The van der Waals surface area contributed by atoms with E-state index in [4.69, 9.17) is 14.2 Å². The molecule has 0 aromatic heterocycles. The maximum absolute atomic E-state index is 12.2. The van der Waals surface area contributed by atoms with Crippen molar-refractivity contribution in [2.75, 3.05) is 39.5 Å². The number of likely N-dealkylation sites (tertiary alicyclic amines) is 1. The lowest BCUT2D eigenvalue weighted by Gasteiger charge is -2.33. The number of carbonyl (C=O) groups excluding carboxylic acids is 1. The van der Waals surface area contributed by atoms with E-state index in [2.05, 4.69) is 65.6 Å². The van der Waals surface area contributed by atoms with Gasteiger partial charge in [0.25, 0.3) is 0 Å². The summed E-state index contributed by atoms with van der Waals surface area (Å²) in [6.45, 7) is 12.3. The summed E-state index contributed by atoms with van der Waals surface area (Å²) in [5.41, 5.74) is 2.24. The third-order valence-electron chi connectivity index (χ3n) is 6.39. The number of unbranched alkanes of at least 4 members (excludes halogenated alkanes) is 1. The molecule has 0 aliphatic carbocycles. The van der Waals surface area contributed by atoms with Crippen LogP contribution in [0.3, 0.4) is 0 Å². The minimum absolute atomic E-state index is 0.216. The van der Waals surface area contributed by atoms with Gasteiger partial charge >= 0.3 is 6.09 Å². The minimum Gasteiger partial charge on any atom is -0.444 e. The molecule has 0 N–H and O–H groups in total. The lowest BCUT2D eigenvalue weighted by atomic mass is 10.1. The highest BCUT2D eigenvalue weighted by Gasteiger charge is 2.27. The van der Waals surface area contributed by atoms with Crippen molar-refractivity contribution in [3.63, 3.8) is 0 Å². The fourth-order valence-corrected chi connectivity index (χ4v) is 4.48. The van der Waals surface area contributed by atoms with E-state index in [-0.39, 0.29) is 12.2 Å². The number of carbonyl (C=O) groups is 1. The van der Waals surface area contributed by atoms with Crippen molar-refractivity contribution in [1.82, 2.24) is 9.80 Å². The van der Waals surface area contributed by atoms with Gasteiger partial charge in [-0.1, -0.05) is 60.7 Å². The molecule has 0 bridgehead atoms. The first-order valence-electron chi connectivity index (χ1n) is 13.9. The zero-order valence-electron chi connectivity index (χ0n) is 23.1. The minimum atomic E-state index is -0.448. The first kappa shape index (κ1) is 29.2. The summed E-state index contributed by atoms with van der Waals surface area (Å²) in [6.07, 6.45) is 4.80. The average molecular weight is 511 g/mol. The molecule has 0 radical (unpaired) electrons. The lowest BCUT2D eigenvalue weighted by molar-refractivity contribution is -0.0132. The zero-order valence-corrected chi connectivity index (χ0v) is 23.1. The van der Waals surface area contributed by atoms with Crippen LogP contribution in [0.15, 0.2) is 60.7 Å². The molecule has 6 nitrogen and oxygen atoms in total. The van der Waals surface area contributed by atoms with Crippen LogP contribution in [0, 0.1) is 0 Å². The molecule has 1 fully saturated rings. The van der Waals surface area contributed by atoms with E-state index >= 15 is 0 Å². The Kier molecular flexibility index (Phi) is 12.4. The molecule has 0 unspecified atom stereocenters. The van der Waals surface area contributed by atoms with Crippen LogP contribution in [-0.4, -0.2) is 67.1 Å². The van der Waals surface area contributed by atoms with Crippen LogP contribution in [0.25, 0.3) is 0 Å². The lowest BCUT2D eigenvalue weighted by Crippen LogP contribution is -2.43. The van der Waals surface area contributed by atoms with Gasteiger partial charge in [0.15, 0.2) is 0 Å². The van der Waals surface area contributed by atoms with Gasteiger partial charge in [-0.05, 0) is 64.0 Å². The predicted molar refractivity (Wildman–Crippen MR) is 148 cm³/mol. The van der Waals surface area contributed by atoms with Crippen LogP contribution in [0.2, 0.25) is 0 Å². The first-order valence-corrected chi connectivity index (χ1v) is 13.9. The SMILES string of the molecule is CC(C)(C)OC(=O)N1CCC(OCCCCOCCCN(Cc2ccccc2)Cc2ccccc2)CC1. The number of nitrogens with zero attached hydrogens (tertiary/aromatic N) is 2. The summed E-state index contributed by atoms with van der Waals surface area (Å²) in [5.74, 6) is 0. The van der Waals surface area contributed by atoms with Gasteiger partial charge in [0.05, 0.1) is 6.10 Å². The van der Waals surface area contributed by atoms with Gasteiger partial charge in [-0.15, -0.1) is 0 Å². The van der Waals surface area contributed by atoms with E-state index < -0.39 is 5.60 Å². The summed E-state index contributed by atoms with van der Waals surface area (Å²) in [6, 6.07) is 21.3. The Morgan fingerprint density at radius 2 is 1.38 bits per heavy atom. The summed E-state index contributed by atoms with van der Waals surface area (Å²) < 4.78 is 17.4. The second kappa shape index (κ2) is 15.8. The van der Waals surface area contributed by atoms with Crippen LogP contribution in [0.1, 0.15) is 64.0 Å². The number of amides is 1. The third-order valence-corrected chi connectivity index (χ3v) is 6.39. The van der Waals surface area contributed by atoms with Gasteiger partial charge in [0.1, 0.15) is 5.60 Å². The standard InChI is InChI=1S/C31H46N2O4/c1-31(2,3)37-30(34)33-20-17-29(18-21-33)36-24-11-10-22-35-23-12-19-32(25-27-13-6-4-7-14-27)26-28-15-8-5-9-16-28/h4-9,13-16,29H,10-12,17-26H2,1-3H3. The molecule has 1 amide bonds. The normalized spacial score (nSPS) is 14.8. The molecule has 1 aliphatic heterocycles. The van der Waals surface area contributed by atoms with Gasteiger partial charge < -0.3 is 19.1 Å². The summed E-state index contributed by atoms with van der Waals surface area (Å²) in [7, 11) is 0. The Labute approximate surface area is 223 Å². The quantitative estimate of drug-likeness (QED) is 0.280. The van der Waals surface area contributed by atoms with Crippen LogP contribution >= 0.6 is 0 Å². The van der Waals surface area contributed by atoms with E-state index in [1.165, 1.54) is 11.1 Å². The molecule has 6 heteroatoms. The molecule has 1 saturated heterocycles. The Bertz CT molecular complexity index is 836. The van der Waals surface area contributed by atoms with Crippen molar-refractivity contribution in [3.05, 3.63) is 71.8 Å². The van der Waals surface area contributed by atoms with Crippen molar-refractivity contribution in [3.8, 4) is 0 Å². The van der Waals surface area contributed by atoms with Crippen LogP contribution in [-0.2, 0) is 27.3 Å². The maximum Gasteiger partial charge on any atom is 0.410 e. The van der Waals surface area contributed by atoms with E-state index in [1.54, 1.807) is 4.90 Å². The van der Waals surface area contributed by atoms with Crippen molar-refractivity contribution in [1.29, 1.82) is 0 Å². The largest absolute Gasteiger partial charge is 0.444 e. The molecule has 1 heterocycles. The number of rotatable bonds is 14. The van der Waals surface area contributed by atoms with Crippen molar-refractivity contribution < 1.29 is 19.0 Å². The molecule has 1 aliphatic rings. The number of benzene rings is 2. The zero-order chi connectivity index (χ0) is 26.3. The highest BCUT2D eigenvalue weighted by Crippen LogP contribution is 2.18. The second-order valence-corrected chi connectivity index (χ2v) is 10.9. The van der Waals surface area contributed by atoms with Crippen LogP contribution in [0.4, 0.5) is 4.79 Å². The molecular formula is C31H46N2O4. The van der Waals surface area contributed by atoms with Gasteiger partial charge in [-0.3, -0.25) is 4.90 Å². The number of hydrogen-bond donors (Lipinski definition) is 0. The molecule has 0 atom stereocenters. The smallest absolute Gasteiger partial charge is 0.410 e. The summed E-state index contributed by atoms with van der Waals surface area (Å²) >= 11 is 0. The van der Waals surface area contributed by atoms with Gasteiger partial charge in [-0.2, -0.15) is 0 Å². The second-order valence-electron chi connectivity index (χ2n) is 10.9. The molecular weight excluding hydrogens is 464 g/mol. The highest BCUT2D eigenvalue weighted by atomic mass is 16.6. The number of ether oxygens (including phenoxy) is 3. The number of piperidine rings is 1. The van der Waals surface area contributed by atoms with Gasteiger partial charge in [0.2, 0.25) is 0 Å². The topological polar surface area (TPSA) is 51.2 Å². The predicted octanol–water partition coefficient (Wildman–Crippen LogP) is 6.29. The summed E-state index contributed by atoms with van der Waals surface area (Å²) in [5, 5.41) is 0. The molecule has 204 valence electrons. The maximum atomic E-state index is 12.2. The first-order chi connectivity index (χ1) is 17.9. The molecule has 2 aromatic rings. The highest BCUT2D eigenvalue weighted by molar-refractivity contribution is 5.68. The average Bonchev–Trinajstić information content (AvgIpc) is 2.88. The Balaban J connectivity index is 1.23. The van der Waals surface area contributed by atoms with E-state index in [9.17, 15) is 4.79 Å². The van der Waals surface area contributed by atoms with Gasteiger partial charge in [-0.25, -0.2) is 4.79 Å². The van der Waals surface area contributed by atoms with Crippen molar-refractivity contribution in [2.45, 2.75) is 77.7 Å². The Morgan fingerprint density at radius 3 is 1.95 bits per heavy atom. The molecule has 37 heavy (non-hydrogen) atoms. The monoisotopic (exact) mass is 510 g/mol. The van der Waals surface area contributed by atoms with Crippen molar-refractivity contribution in [2.24, 2.45) is 0 Å². The third kappa shape index (κ3) is 12.1. The van der Waals surface area contributed by atoms with Crippen LogP contribution < -0.4 is 0 Å². The van der Waals surface area contributed by atoms with E-state index in [0.717, 1.165) is 71.6 Å². The van der Waals surface area contributed by atoms with E-state index in [1.807, 2.05) is 20.8 Å². The van der Waals surface area contributed by atoms with Crippen molar-refractivity contribution >= 4 is 6.09 Å². The van der Waals surface area contributed by atoms with Crippen LogP contribution in [0.5, 0.6) is 0 Å². The van der Waals surface area contributed by atoms with E-state index in [0.29, 0.717) is 13.1 Å². The van der Waals surface area contributed by atoms with Gasteiger partial charge in [0, 0.05) is 52.5 Å². The molecule has 0 saturated carbocycles. The molecule has 0 spiro atoms. The fraction of sp³-hybridized carbons (Fsp3) is 0.581. The fourth-order valence-electron chi connectivity index (χ4n) is 4.48. The Hall–Kier alpha value is -2.41. The number of hydrogen-bond acceptors (Lipinski definition) is 5. The molecule has 3 rings (SSSR count). The Morgan fingerprint density at radius 1 is 0.838 bits per heavy atom.